The van der Waals surface area contributed by atoms with Gasteiger partial charge >= 0.3 is 5.97 Å². The summed E-state index contributed by atoms with van der Waals surface area (Å²) in [6.07, 6.45) is 0.0848. The summed E-state index contributed by atoms with van der Waals surface area (Å²) in [4.78, 5) is 16.5. The van der Waals surface area contributed by atoms with Crippen LogP contribution in [0, 0.1) is 6.92 Å². The number of nitrogens with zero attached hydrogens (tertiary/aromatic N) is 2. The van der Waals surface area contributed by atoms with Crippen LogP contribution >= 0.6 is 0 Å². The van der Waals surface area contributed by atoms with Crippen molar-refractivity contribution in [2.75, 3.05) is 21.3 Å². The van der Waals surface area contributed by atoms with Gasteiger partial charge in [-0.3, -0.25) is 4.79 Å². The van der Waals surface area contributed by atoms with Gasteiger partial charge in [0.25, 0.3) is 5.89 Å². The molecule has 0 spiro atoms. The van der Waals surface area contributed by atoms with Gasteiger partial charge in [0.2, 0.25) is 5.82 Å². The van der Waals surface area contributed by atoms with E-state index < -0.39 is 5.97 Å². The number of methoxy groups -OCH3 is 3. The Labute approximate surface area is 168 Å². The Kier molecular flexibility index (Phi) is 6.33. The van der Waals surface area contributed by atoms with Crippen molar-refractivity contribution in [2.45, 2.75) is 20.0 Å². The van der Waals surface area contributed by atoms with Crippen molar-refractivity contribution in [1.29, 1.82) is 0 Å². The molecule has 8 nitrogen and oxygen atoms in total. The first-order valence-electron chi connectivity index (χ1n) is 8.88. The van der Waals surface area contributed by atoms with E-state index >= 15 is 0 Å². The molecule has 8 heteroatoms. The van der Waals surface area contributed by atoms with E-state index in [4.69, 9.17) is 23.5 Å². The van der Waals surface area contributed by atoms with Crippen LogP contribution in [0.3, 0.4) is 0 Å². The van der Waals surface area contributed by atoms with E-state index in [1.54, 1.807) is 39.5 Å². The number of carbonyl (C=O) groups excluding carboxylic acids is 1. The van der Waals surface area contributed by atoms with Crippen LogP contribution in [-0.4, -0.2) is 37.4 Å². The van der Waals surface area contributed by atoms with Crippen molar-refractivity contribution in [1.82, 2.24) is 10.1 Å². The normalized spacial score (nSPS) is 10.5. The van der Waals surface area contributed by atoms with E-state index in [9.17, 15) is 4.79 Å². The fourth-order valence-corrected chi connectivity index (χ4v) is 2.80. The van der Waals surface area contributed by atoms with Gasteiger partial charge in [-0.1, -0.05) is 22.9 Å². The van der Waals surface area contributed by atoms with Gasteiger partial charge in [-0.15, -0.1) is 0 Å². The van der Waals surface area contributed by atoms with Crippen molar-refractivity contribution in [3.63, 3.8) is 0 Å². The smallest absolute Gasteiger partial charge is 0.310 e. The molecule has 0 saturated heterocycles. The van der Waals surface area contributed by atoms with Gasteiger partial charge in [-0.25, -0.2) is 0 Å². The summed E-state index contributed by atoms with van der Waals surface area (Å²) in [6, 6.07) is 10.9. The number of aromatic nitrogens is 2. The van der Waals surface area contributed by atoms with Crippen molar-refractivity contribution in [3.05, 3.63) is 53.4 Å². The lowest BCUT2D eigenvalue weighted by molar-refractivity contribution is -0.144. The zero-order chi connectivity index (χ0) is 20.8. The molecule has 0 bridgehead atoms. The number of carbonyl (C=O) groups is 1. The Morgan fingerprint density at radius 2 is 1.69 bits per heavy atom. The standard InChI is InChI=1S/C21H22N2O6/c1-13-5-7-16(25-2)15(9-13)11-20(24)28-12-19-22-21(23-29-19)14-6-8-17(26-3)18(10-14)27-4/h5-10H,11-12H2,1-4H3. The zero-order valence-corrected chi connectivity index (χ0v) is 16.7. The van der Waals surface area contributed by atoms with Gasteiger partial charge in [0.1, 0.15) is 5.75 Å². The average Bonchev–Trinajstić information content (AvgIpc) is 3.21. The maximum atomic E-state index is 12.2. The highest BCUT2D eigenvalue weighted by molar-refractivity contribution is 5.73. The van der Waals surface area contributed by atoms with Crippen molar-refractivity contribution >= 4 is 5.97 Å². The molecule has 0 amide bonds. The van der Waals surface area contributed by atoms with Gasteiger partial charge in [-0.2, -0.15) is 4.98 Å². The molecule has 0 aliphatic carbocycles. The van der Waals surface area contributed by atoms with Crippen molar-refractivity contribution < 1.29 is 28.3 Å². The number of benzene rings is 2. The second kappa shape index (κ2) is 9.09. The number of ether oxygens (including phenoxy) is 4. The molecule has 0 unspecified atom stereocenters. The maximum Gasteiger partial charge on any atom is 0.310 e. The molecule has 29 heavy (non-hydrogen) atoms. The third-order valence-corrected chi connectivity index (χ3v) is 4.24. The highest BCUT2D eigenvalue weighted by Gasteiger charge is 2.15. The molecule has 0 saturated carbocycles. The number of aryl methyl sites for hydroxylation is 1. The maximum absolute atomic E-state index is 12.2. The Hall–Kier alpha value is -3.55. The van der Waals surface area contributed by atoms with Crippen molar-refractivity contribution in [3.8, 4) is 28.6 Å². The monoisotopic (exact) mass is 398 g/mol. The van der Waals surface area contributed by atoms with Gasteiger partial charge in [0.05, 0.1) is 27.8 Å². The summed E-state index contributed by atoms with van der Waals surface area (Å²) < 4.78 is 26.2. The minimum Gasteiger partial charge on any atom is -0.496 e. The zero-order valence-electron chi connectivity index (χ0n) is 16.7. The topological polar surface area (TPSA) is 92.9 Å². The number of hydrogen-bond acceptors (Lipinski definition) is 8. The number of hydrogen-bond donors (Lipinski definition) is 0. The largest absolute Gasteiger partial charge is 0.496 e. The first kappa shape index (κ1) is 20.2. The van der Waals surface area contributed by atoms with Crippen LogP contribution < -0.4 is 14.2 Å². The van der Waals surface area contributed by atoms with E-state index in [-0.39, 0.29) is 18.9 Å². The minimum atomic E-state index is -0.417. The molecule has 1 aromatic heterocycles. The Balaban J connectivity index is 1.64. The lowest BCUT2D eigenvalue weighted by Gasteiger charge is -2.09. The van der Waals surface area contributed by atoms with Crippen LogP contribution in [0.5, 0.6) is 17.2 Å². The van der Waals surface area contributed by atoms with E-state index in [1.807, 2.05) is 25.1 Å². The summed E-state index contributed by atoms with van der Waals surface area (Å²) in [5.41, 5.74) is 2.48. The first-order valence-corrected chi connectivity index (χ1v) is 8.88. The van der Waals surface area contributed by atoms with Crippen LogP contribution in [0.25, 0.3) is 11.4 Å². The minimum absolute atomic E-state index is 0.0848. The SMILES string of the molecule is COc1ccc(C)cc1CC(=O)OCc1nc(-c2ccc(OC)c(OC)c2)no1. The molecule has 2 aromatic carbocycles. The fraction of sp³-hybridized carbons (Fsp3) is 0.286. The van der Waals surface area contributed by atoms with Gasteiger partial charge in [0.15, 0.2) is 18.1 Å². The second-order valence-corrected chi connectivity index (χ2v) is 6.23. The number of rotatable bonds is 8. The van der Waals surface area contributed by atoms with Gasteiger partial charge in [-0.05, 0) is 31.2 Å². The molecule has 3 aromatic rings. The molecule has 0 aliphatic rings. The van der Waals surface area contributed by atoms with Gasteiger partial charge < -0.3 is 23.5 Å². The Morgan fingerprint density at radius 3 is 2.41 bits per heavy atom. The summed E-state index contributed by atoms with van der Waals surface area (Å²) in [6.45, 7) is 1.83. The Morgan fingerprint density at radius 1 is 0.966 bits per heavy atom. The summed E-state index contributed by atoms with van der Waals surface area (Å²) in [5.74, 6) is 1.92. The highest BCUT2D eigenvalue weighted by atomic mass is 16.6. The third kappa shape index (κ3) is 4.84. The Bertz CT molecular complexity index is 999. The number of esters is 1. The molecule has 0 aliphatic heterocycles. The highest BCUT2D eigenvalue weighted by Crippen LogP contribution is 2.31. The van der Waals surface area contributed by atoms with Crippen LogP contribution in [0.4, 0.5) is 0 Å². The van der Waals surface area contributed by atoms with E-state index in [0.717, 1.165) is 11.1 Å². The van der Waals surface area contributed by atoms with Crippen LogP contribution in [0.1, 0.15) is 17.0 Å². The second-order valence-electron chi connectivity index (χ2n) is 6.23. The molecule has 0 atom stereocenters. The van der Waals surface area contributed by atoms with Crippen LogP contribution in [0.15, 0.2) is 40.9 Å². The summed E-state index contributed by atoms with van der Waals surface area (Å²) in [5, 5.41) is 3.92. The molecule has 152 valence electrons. The van der Waals surface area contributed by atoms with Crippen LogP contribution in [-0.2, 0) is 22.6 Å². The predicted molar refractivity (Wildman–Crippen MR) is 104 cm³/mol. The molecular weight excluding hydrogens is 376 g/mol. The van der Waals surface area contributed by atoms with Crippen LogP contribution in [0.2, 0.25) is 0 Å². The lowest BCUT2D eigenvalue weighted by Crippen LogP contribution is -2.09. The van der Waals surface area contributed by atoms with Crippen molar-refractivity contribution in [2.24, 2.45) is 0 Å². The molecule has 1 heterocycles. The molecular formula is C21H22N2O6. The molecule has 0 radical (unpaired) electrons. The van der Waals surface area contributed by atoms with E-state index in [0.29, 0.717) is 28.6 Å². The quantitative estimate of drug-likeness (QED) is 0.533. The fourth-order valence-electron chi connectivity index (χ4n) is 2.80. The predicted octanol–water partition coefficient (Wildman–Crippen LogP) is 3.36. The third-order valence-electron chi connectivity index (χ3n) is 4.24. The first-order chi connectivity index (χ1) is 14.0. The molecule has 0 fully saturated rings. The molecule has 0 N–H and O–H groups in total. The van der Waals surface area contributed by atoms with E-state index in [1.165, 1.54) is 0 Å². The van der Waals surface area contributed by atoms with Gasteiger partial charge in [0, 0.05) is 11.1 Å². The average molecular weight is 398 g/mol. The lowest BCUT2D eigenvalue weighted by atomic mass is 10.1. The van der Waals surface area contributed by atoms with E-state index in [2.05, 4.69) is 10.1 Å². The summed E-state index contributed by atoms with van der Waals surface area (Å²) >= 11 is 0. The summed E-state index contributed by atoms with van der Waals surface area (Å²) in [7, 11) is 4.67. The molecule has 3 rings (SSSR count).